The van der Waals surface area contributed by atoms with Crippen LogP contribution in [0.15, 0.2) is 18.7 Å². The average molecular weight is 198 g/mol. The van der Waals surface area contributed by atoms with E-state index in [1.165, 1.54) is 18.7 Å². The largest absolute Gasteiger partial charge is 0.481 e. The molecule has 0 bridgehead atoms. The second-order valence-electron chi connectivity index (χ2n) is 2.34. The summed E-state index contributed by atoms with van der Waals surface area (Å²) in [5.74, 6) is -1.70. The minimum atomic E-state index is -0.866. The van der Waals surface area contributed by atoms with Crippen LogP contribution in [0.25, 0.3) is 0 Å². The summed E-state index contributed by atoms with van der Waals surface area (Å²) in [4.78, 5) is 26.4. The molecule has 6 heteroatoms. The van der Waals surface area contributed by atoms with Gasteiger partial charge in [-0.2, -0.15) is 0 Å². The molecular formula is C8H10N2O4. The first kappa shape index (κ1) is 12.0. The topological polar surface area (TPSA) is 100 Å². The van der Waals surface area contributed by atoms with Gasteiger partial charge in [-0.15, -0.1) is 0 Å². The van der Waals surface area contributed by atoms with Crippen LogP contribution in [-0.2, 0) is 16.0 Å². The van der Waals surface area contributed by atoms with Gasteiger partial charge < -0.3 is 10.2 Å². The summed E-state index contributed by atoms with van der Waals surface area (Å²) in [5.41, 5.74) is 0.620. The summed E-state index contributed by atoms with van der Waals surface area (Å²) in [6, 6.07) is 0. The molecule has 0 radical (unpaired) electrons. The summed E-state index contributed by atoms with van der Waals surface area (Å²) >= 11 is 0. The van der Waals surface area contributed by atoms with Gasteiger partial charge in [-0.3, -0.25) is 9.59 Å². The Hall–Kier alpha value is -1.98. The standard InChI is InChI=1S/C6H6N2O2.C2H4O2/c9-6(10)1-5-2-7-4-8-3-5;1-2(3)4/h2-4H,1H2,(H,9,10);1H3,(H,3,4). The summed E-state index contributed by atoms with van der Waals surface area (Å²) in [6.45, 7) is 1.08. The van der Waals surface area contributed by atoms with Crippen molar-refractivity contribution >= 4 is 11.9 Å². The number of aliphatic carboxylic acids is 2. The number of aromatic nitrogens is 2. The van der Waals surface area contributed by atoms with Crippen LogP contribution in [0, 0.1) is 0 Å². The monoisotopic (exact) mass is 198 g/mol. The maximum Gasteiger partial charge on any atom is 0.307 e. The van der Waals surface area contributed by atoms with Gasteiger partial charge in [-0.05, 0) is 5.56 Å². The molecule has 0 aliphatic rings. The summed E-state index contributed by atoms with van der Waals surface area (Å²) in [7, 11) is 0. The van der Waals surface area contributed by atoms with E-state index < -0.39 is 11.9 Å². The molecular weight excluding hydrogens is 188 g/mol. The third-order valence-corrected chi connectivity index (χ3v) is 0.969. The first-order valence-electron chi connectivity index (χ1n) is 3.67. The van der Waals surface area contributed by atoms with Crippen LogP contribution in [0.5, 0.6) is 0 Å². The molecule has 1 aromatic rings. The van der Waals surface area contributed by atoms with Gasteiger partial charge >= 0.3 is 5.97 Å². The van der Waals surface area contributed by atoms with Crippen molar-refractivity contribution in [3.63, 3.8) is 0 Å². The second kappa shape index (κ2) is 6.53. The van der Waals surface area contributed by atoms with Crippen molar-refractivity contribution in [1.82, 2.24) is 9.97 Å². The quantitative estimate of drug-likeness (QED) is 0.703. The molecule has 0 spiro atoms. The first-order chi connectivity index (χ1) is 6.52. The van der Waals surface area contributed by atoms with E-state index in [4.69, 9.17) is 15.0 Å². The van der Waals surface area contributed by atoms with Crippen molar-refractivity contribution in [2.45, 2.75) is 13.3 Å². The molecule has 0 saturated heterocycles. The number of hydrogen-bond acceptors (Lipinski definition) is 4. The van der Waals surface area contributed by atoms with Gasteiger partial charge in [0.25, 0.3) is 5.97 Å². The Morgan fingerprint density at radius 2 is 1.71 bits per heavy atom. The van der Waals surface area contributed by atoms with Crippen LogP contribution in [0.4, 0.5) is 0 Å². The summed E-state index contributed by atoms with van der Waals surface area (Å²) in [5, 5.41) is 15.7. The van der Waals surface area contributed by atoms with E-state index in [-0.39, 0.29) is 6.42 Å². The third-order valence-electron chi connectivity index (χ3n) is 0.969. The van der Waals surface area contributed by atoms with Gasteiger partial charge in [0.1, 0.15) is 6.33 Å². The predicted molar refractivity (Wildman–Crippen MR) is 46.7 cm³/mol. The van der Waals surface area contributed by atoms with Crippen molar-refractivity contribution in [1.29, 1.82) is 0 Å². The van der Waals surface area contributed by atoms with E-state index in [1.807, 2.05) is 0 Å². The fourth-order valence-corrected chi connectivity index (χ4v) is 0.596. The molecule has 1 heterocycles. The van der Waals surface area contributed by atoms with Crippen molar-refractivity contribution in [3.05, 3.63) is 24.3 Å². The highest BCUT2D eigenvalue weighted by Crippen LogP contribution is 1.92. The Balaban J connectivity index is 0.000000364. The lowest BCUT2D eigenvalue weighted by molar-refractivity contribution is -0.136. The normalized spacial score (nSPS) is 8.36. The lowest BCUT2D eigenvalue weighted by atomic mass is 10.2. The van der Waals surface area contributed by atoms with Gasteiger partial charge in [0, 0.05) is 19.3 Å². The Morgan fingerprint density at radius 3 is 2.07 bits per heavy atom. The molecule has 1 aromatic heterocycles. The molecule has 2 N–H and O–H groups in total. The smallest absolute Gasteiger partial charge is 0.307 e. The number of carboxylic acid groups (broad SMARTS) is 2. The van der Waals surface area contributed by atoms with E-state index in [1.54, 1.807) is 0 Å². The predicted octanol–water partition coefficient (Wildman–Crippen LogP) is 0.195. The number of nitrogens with zero attached hydrogens (tertiary/aromatic N) is 2. The third kappa shape index (κ3) is 8.12. The summed E-state index contributed by atoms with van der Waals surface area (Å²) in [6.07, 6.45) is 4.33. The van der Waals surface area contributed by atoms with Crippen molar-refractivity contribution in [2.75, 3.05) is 0 Å². The molecule has 0 fully saturated rings. The SMILES string of the molecule is CC(=O)O.O=C(O)Cc1cncnc1. The van der Waals surface area contributed by atoms with E-state index in [2.05, 4.69) is 9.97 Å². The van der Waals surface area contributed by atoms with Crippen LogP contribution in [0.1, 0.15) is 12.5 Å². The van der Waals surface area contributed by atoms with Gasteiger partial charge in [-0.25, -0.2) is 9.97 Å². The lowest BCUT2D eigenvalue weighted by Crippen LogP contribution is -2.00. The summed E-state index contributed by atoms with van der Waals surface area (Å²) < 4.78 is 0. The Morgan fingerprint density at radius 1 is 1.29 bits per heavy atom. The Bertz CT molecular complexity index is 295. The maximum atomic E-state index is 10.1. The molecule has 0 saturated carbocycles. The van der Waals surface area contributed by atoms with Gasteiger partial charge in [-0.1, -0.05) is 0 Å². The molecule has 0 aromatic carbocycles. The molecule has 0 amide bonds. The van der Waals surface area contributed by atoms with Crippen LogP contribution >= 0.6 is 0 Å². The molecule has 14 heavy (non-hydrogen) atoms. The first-order valence-corrected chi connectivity index (χ1v) is 3.67. The highest BCUT2D eigenvalue weighted by atomic mass is 16.4. The molecule has 0 atom stereocenters. The fourth-order valence-electron chi connectivity index (χ4n) is 0.596. The van der Waals surface area contributed by atoms with E-state index in [0.29, 0.717) is 5.56 Å². The van der Waals surface area contributed by atoms with Gasteiger partial charge in [0.15, 0.2) is 0 Å². The average Bonchev–Trinajstić information content (AvgIpc) is 2.03. The van der Waals surface area contributed by atoms with Crippen LogP contribution in [0.2, 0.25) is 0 Å². The number of carbonyl (C=O) groups is 2. The Labute approximate surface area is 80.2 Å². The number of carboxylic acids is 2. The van der Waals surface area contributed by atoms with Gasteiger partial charge in [0.2, 0.25) is 0 Å². The van der Waals surface area contributed by atoms with Crippen LogP contribution in [0.3, 0.4) is 0 Å². The zero-order valence-electron chi connectivity index (χ0n) is 7.54. The zero-order valence-corrected chi connectivity index (χ0v) is 7.54. The second-order valence-corrected chi connectivity index (χ2v) is 2.34. The molecule has 6 nitrogen and oxygen atoms in total. The molecule has 76 valence electrons. The molecule has 0 unspecified atom stereocenters. The van der Waals surface area contributed by atoms with Crippen LogP contribution < -0.4 is 0 Å². The highest BCUT2D eigenvalue weighted by Gasteiger charge is 1.98. The number of hydrogen-bond donors (Lipinski definition) is 2. The number of rotatable bonds is 2. The highest BCUT2D eigenvalue weighted by molar-refractivity contribution is 5.69. The fraction of sp³-hybridized carbons (Fsp3) is 0.250. The van der Waals surface area contributed by atoms with Crippen molar-refractivity contribution in [2.24, 2.45) is 0 Å². The zero-order chi connectivity index (χ0) is 11.0. The van der Waals surface area contributed by atoms with Crippen molar-refractivity contribution < 1.29 is 19.8 Å². The minimum absolute atomic E-state index is 0.0131. The van der Waals surface area contributed by atoms with E-state index in [9.17, 15) is 4.79 Å². The molecule has 0 aliphatic carbocycles. The minimum Gasteiger partial charge on any atom is -0.481 e. The van der Waals surface area contributed by atoms with Crippen molar-refractivity contribution in [3.8, 4) is 0 Å². The Kier molecular flexibility index (Phi) is 5.60. The molecule has 0 aliphatic heterocycles. The lowest BCUT2D eigenvalue weighted by Gasteiger charge is -1.91. The maximum absolute atomic E-state index is 10.1. The van der Waals surface area contributed by atoms with E-state index >= 15 is 0 Å². The van der Waals surface area contributed by atoms with Crippen LogP contribution in [-0.4, -0.2) is 32.1 Å². The molecule has 1 rings (SSSR count). The van der Waals surface area contributed by atoms with E-state index in [0.717, 1.165) is 6.92 Å². The van der Waals surface area contributed by atoms with Gasteiger partial charge in [0.05, 0.1) is 6.42 Å².